The minimum Gasteiger partial charge on any atom is -0.477 e. The number of nitrogens with zero attached hydrogens (tertiary/aromatic N) is 2. The number of nitrogens with one attached hydrogen (secondary N) is 1. The molecule has 0 spiro atoms. The van der Waals surface area contributed by atoms with Crippen molar-refractivity contribution in [1.29, 1.82) is 0 Å². The number of rotatable bonds is 6. The average molecular weight is 531 g/mol. The number of fused-ring (bicyclic) bond motifs is 2. The van der Waals surface area contributed by atoms with Crippen molar-refractivity contribution in [3.05, 3.63) is 47.9 Å². The highest BCUT2D eigenvalue weighted by Crippen LogP contribution is 2.40. The maximum absolute atomic E-state index is 13.4. The number of carbonyl (C=O) groups is 1. The van der Waals surface area contributed by atoms with Crippen LogP contribution in [0, 0.1) is 5.82 Å². The Morgan fingerprint density at radius 3 is 2.31 bits per heavy atom. The van der Waals surface area contributed by atoms with Crippen LogP contribution in [-0.4, -0.2) is 43.0 Å². The van der Waals surface area contributed by atoms with Gasteiger partial charge in [-0.3, -0.25) is 4.79 Å². The standard InChI is InChI=1S/C23H26F4N4O4S/c1-22(2,35-19-7-3-13(24)9-18(19)23(25,26)27)21(32)30-14-10-15-4-5-16(11-14)31(15)20-8-6-17(12-29-20)36(28,33)34/h3,6-9,12,14-16H,4-5,10-11H2,1-2H3,(H,30,32)(H2,28,33,34)/t14?,15-,16+. The first-order valence-electron chi connectivity index (χ1n) is 11.3. The molecule has 13 heteroatoms. The Morgan fingerprint density at radius 2 is 1.78 bits per heavy atom. The van der Waals surface area contributed by atoms with Crippen LogP contribution >= 0.6 is 0 Å². The topological polar surface area (TPSA) is 115 Å². The second-order valence-corrected chi connectivity index (χ2v) is 11.1. The minimum atomic E-state index is -4.85. The third-order valence-electron chi connectivity index (χ3n) is 6.54. The fraction of sp³-hybridized carbons (Fsp3) is 0.478. The lowest BCUT2D eigenvalue weighted by molar-refractivity contribution is -0.144. The third kappa shape index (κ3) is 5.41. The molecule has 1 amide bonds. The summed E-state index contributed by atoms with van der Waals surface area (Å²) in [7, 11) is -3.86. The molecule has 2 aliphatic heterocycles. The van der Waals surface area contributed by atoms with Crippen LogP contribution in [0.5, 0.6) is 5.75 Å². The number of aromatic nitrogens is 1. The van der Waals surface area contributed by atoms with Crippen molar-refractivity contribution in [2.24, 2.45) is 5.14 Å². The number of carbonyl (C=O) groups excluding carboxylic acids is 1. The number of alkyl halides is 3. The summed E-state index contributed by atoms with van der Waals surface area (Å²) in [5, 5.41) is 8.02. The Balaban J connectivity index is 1.43. The molecule has 0 saturated carbocycles. The Morgan fingerprint density at radius 1 is 1.14 bits per heavy atom. The predicted molar refractivity (Wildman–Crippen MR) is 122 cm³/mol. The average Bonchev–Trinajstić information content (AvgIpc) is 3.04. The number of hydrogen-bond donors (Lipinski definition) is 2. The number of piperidine rings is 1. The van der Waals surface area contributed by atoms with E-state index < -0.39 is 44.8 Å². The van der Waals surface area contributed by atoms with E-state index in [1.165, 1.54) is 26.1 Å². The smallest absolute Gasteiger partial charge is 0.420 e. The predicted octanol–water partition coefficient (Wildman–Crippen LogP) is 3.36. The molecule has 3 atom stereocenters. The number of sulfonamides is 1. The normalized spacial score (nSPS) is 22.4. The van der Waals surface area contributed by atoms with Crippen molar-refractivity contribution in [2.75, 3.05) is 4.90 Å². The first-order valence-corrected chi connectivity index (χ1v) is 12.8. The highest BCUT2D eigenvalue weighted by atomic mass is 32.2. The molecule has 36 heavy (non-hydrogen) atoms. The number of pyridine rings is 1. The molecular formula is C23H26F4N4O4S. The van der Waals surface area contributed by atoms with Crippen LogP contribution in [0.15, 0.2) is 41.4 Å². The number of amides is 1. The van der Waals surface area contributed by atoms with Crippen LogP contribution in [0.2, 0.25) is 0 Å². The number of hydrogen-bond acceptors (Lipinski definition) is 6. The Kier molecular flexibility index (Phi) is 6.67. The number of nitrogens with two attached hydrogens (primary N) is 1. The fourth-order valence-corrected chi connectivity index (χ4v) is 5.31. The van der Waals surface area contributed by atoms with E-state index in [1.54, 1.807) is 6.07 Å². The summed E-state index contributed by atoms with van der Waals surface area (Å²) in [4.78, 5) is 19.3. The molecular weight excluding hydrogens is 504 g/mol. The van der Waals surface area contributed by atoms with Crippen LogP contribution in [0.4, 0.5) is 23.4 Å². The summed E-state index contributed by atoms with van der Waals surface area (Å²) < 4.78 is 81.8. The molecule has 2 aliphatic rings. The van der Waals surface area contributed by atoms with Crippen molar-refractivity contribution in [2.45, 2.75) is 74.3 Å². The zero-order valence-electron chi connectivity index (χ0n) is 19.5. The zero-order valence-corrected chi connectivity index (χ0v) is 20.4. The molecule has 1 aromatic heterocycles. The van der Waals surface area contributed by atoms with Gasteiger partial charge in [-0.1, -0.05) is 0 Å². The van der Waals surface area contributed by atoms with Gasteiger partial charge >= 0.3 is 6.18 Å². The fourth-order valence-electron chi connectivity index (χ4n) is 4.86. The van der Waals surface area contributed by atoms with Gasteiger partial charge < -0.3 is 15.0 Å². The summed E-state index contributed by atoms with van der Waals surface area (Å²) >= 11 is 0. The van der Waals surface area contributed by atoms with E-state index in [0.29, 0.717) is 24.7 Å². The monoisotopic (exact) mass is 530 g/mol. The molecule has 196 valence electrons. The number of ether oxygens (including phenoxy) is 1. The van der Waals surface area contributed by atoms with E-state index in [2.05, 4.69) is 15.2 Å². The molecule has 3 heterocycles. The second kappa shape index (κ2) is 9.18. The van der Waals surface area contributed by atoms with E-state index in [9.17, 15) is 30.8 Å². The van der Waals surface area contributed by atoms with E-state index >= 15 is 0 Å². The van der Waals surface area contributed by atoms with E-state index in [0.717, 1.165) is 25.0 Å². The van der Waals surface area contributed by atoms with E-state index in [-0.39, 0.29) is 23.0 Å². The maximum atomic E-state index is 13.4. The van der Waals surface area contributed by atoms with Crippen LogP contribution in [0.3, 0.4) is 0 Å². The lowest BCUT2D eigenvalue weighted by Gasteiger charge is -2.41. The molecule has 0 radical (unpaired) electrons. The lowest BCUT2D eigenvalue weighted by Crippen LogP contribution is -2.55. The summed E-state index contributed by atoms with van der Waals surface area (Å²) in [6.45, 7) is 2.71. The number of halogens is 4. The van der Waals surface area contributed by atoms with Crippen molar-refractivity contribution >= 4 is 21.7 Å². The number of benzene rings is 1. The zero-order chi connectivity index (χ0) is 26.5. The van der Waals surface area contributed by atoms with Gasteiger partial charge in [-0.15, -0.1) is 0 Å². The summed E-state index contributed by atoms with van der Waals surface area (Å²) in [6.07, 6.45) is -0.804. The molecule has 8 nitrogen and oxygen atoms in total. The molecule has 1 aromatic carbocycles. The van der Waals surface area contributed by atoms with E-state index in [4.69, 9.17) is 9.88 Å². The first kappa shape index (κ1) is 26.1. The molecule has 0 aliphatic carbocycles. The summed E-state index contributed by atoms with van der Waals surface area (Å²) in [5.74, 6) is -1.67. The van der Waals surface area contributed by atoms with Crippen molar-refractivity contribution in [3.8, 4) is 5.75 Å². The SMILES string of the molecule is CC(C)(Oc1ccc(F)cc1C(F)(F)F)C(=O)NC1C[C@H]2CC[C@@H](C1)N2c1ccc(S(N)(=O)=O)cn1. The third-order valence-corrected chi connectivity index (χ3v) is 7.44. The van der Waals surface area contributed by atoms with Gasteiger partial charge in [0.2, 0.25) is 10.0 Å². The van der Waals surface area contributed by atoms with Gasteiger partial charge in [0.1, 0.15) is 27.8 Å². The molecule has 4 rings (SSSR count). The molecule has 1 unspecified atom stereocenters. The van der Waals surface area contributed by atoms with Gasteiger partial charge in [-0.2, -0.15) is 13.2 Å². The molecule has 2 aromatic rings. The second-order valence-electron chi connectivity index (χ2n) is 9.58. The highest BCUT2D eigenvalue weighted by molar-refractivity contribution is 7.89. The summed E-state index contributed by atoms with van der Waals surface area (Å²) in [6, 6.07) is 4.88. The van der Waals surface area contributed by atoms with Crippen LogP contribution in [0.1, 0.15) is 45.1 Å². The maximum Gasteiger partial charge on any atom is 0.420 e. The Bertz CT molecular complexity index is 1240. The minimum absolute atomic E-state index is 0.0415. The highest BCUT2D eigenvalue weighted by Gasteiger charge is 2.44. The van der Waals surface area contributed by atoms with Crippen LogP contribution in [-0.2, 0) is 21.0 Å². The summed E-state index contributed by atoms with van der Waals surface area (Å²) in [5.41, 5.74) is -2.95. The molecule has 2 saturated heterocycles. The van der Waals surface area contributed by atoms with Crippen molar-refractivity contribution < 1.29 is 35.5 Å². The largest absolute Gasteiger partial charge is 0.477 e. The first-order chi connectivity index (χ1) is 16.6. The van der Waals surface area contributed by atoms with Gasteiger partial charge in [-0.25, -0.2) is 22.9 Å². The van der Waals surface area contributed by atoms with Gasteiger partial charge in [0, 0.05) is 24.3 Å². The Hall–Kier alpha value is -2.93. The molecule has 2 fully saturated rings. The van der Waals surface area contributed by atoms with Crippen LogP contribution in [0.25, 0.3) is 0 Å². The van der Waals surface area contributed by atoms with Crippen molar-refractivity contribution in [3.63, 3.8) is 0 Å². The van der Waals surface area contributed by atoms with Gasteiger partial charge in [0.05, 0.1) is 0 Å². The number of anilines is 1. The van der Waals surface area contributed by atoms with Crippen molar-refractivity contribution in [1.82, 2.24) is 10.3 Å². The lowest BCUT2D eigenvalue weighted by atomic mass is 9.96. The van der Waals surface area contributed by atoms with E-state index in [1.807, 2.05) is 0 Å². The Labute approximate surface area is 205 Å². The van der Waals surface area contributed by atoms with Gasteiger partial charge in [-0.05, 0) is 69.9 Å². The van der Waals surface area contributed by atoms with Gasteiger partial charge in [0.25, 0.3) is 5.91 Å². The molecule has 3 N–H and O–H groups in total. The number of primary sulfonamides is 1. The quantitative estimate of drug-likeness (QED) is 0.554. The van der Waals surface area contributed by atoms with Crippen LogP contribution < -0.4 is 20.1 Å². The van der Waals surface area contributed by atoms with Gasteiger partial charge in [0.15, 0.2) is 5.60 Å². The molecule has 2 bridgehead atoms.